The number of esters is 1. The average Bonchev–Trinajstić information content (AvgIpc) is 3.16. The largest absolute Gasteiger partial charge is 0.492 e. The van der Waals surface area contributed by atoms with Crippen molar-refractivity contribution in [3.63, 3.8) is 0 Å². The number of rotatable bonds is 13. The van der Waals surface area contributed by atoms with Crippen molar-refractivity contribution >= 4 is 23.4 Å². The van der Waals surface area contributed by atoms with Crippen molar-refractivity contribution in [2.45, 2.75) is 71.6 Å². The summed E-state index contributed by atoms with van der Waals surface area (Å²) in [6.07, 6.45) is 2.32. The quantitative estimate of drug-likeness (QED) is 0.398. The number of ether oxygens (including phenoxy) is 3. The molecule has 3 atom stereocenters. The zero-order chi connectivity index (χ0) is 25.4. The zero-order valence-electron chi connectivity index (χ0n) is 21.5. The van der Waals surface area contributed by atoms with Crippen molar-refractivity contribution in [3.8, 4) is 5.75 Å². The lowest BCUT2D eigenvalue weighted by Crippen LogP contribution is -2.56. The Morgan fingerprint density at radius 3 is 2.49 bits per heavy atom. The molecule has 2 heterocycles. The fourth-order valence-corrected chi connectivity index (χ4v) is 4.48. The van der Waals surface area contributed by atoms with Crippen molar-refractivity contribution in [1.29, 1.82) is 0 Å². The van der Waals surface area contributed by atoms with Gasteiger partial charge < -0.3 is 14.2 Å². The smallest absolute Gasteiger partial charge is 0.335 e. The number of likely N-dealkylation sites (N-methyl/N-ethyl adjacent to an activating group) is 1. The number of hydrogen-bond acceptors (Lipinski definition) is 8. The van der Waals surface area contributed by atoms with E-state index in [9.17, 15) is 9.59 Å². The number of nitrogens with zero attached hydrogens (tertiary/aromatic N) is 4. The summed E-state index contributed by atoms with van der Waals surface area (Å²) in [6.45, 7) is 9.28. The zero-order valence-corrected chi connectivity index (χ0v) is 21.5. The SMILES string of the molecule is CCCC1=NN(C)C2C(=O)N(CCOc3ccc(C[C@H](OCC)C(=O)OCC)cc3)C(CC)=NC12. The summed E-state index contributed by atoms with van der Waals surface area (Å²) in [5, 5.41) is 6.35. The molecule has 0 radical (unpaired) electrons. The van der Waals surface area contributed by atoms with E-state index in [0.717, 1.165) is 30.0 Å². The van der Waals surface area contributed by atoms with Gasteiger partial charge in [0.1, 0.15) is 24.2 Å². The predicted octanol–water partition coefficient (Wildman–Crippen LogP) is 3.07. The van der Waals surface area contributed by atoms with E-state index < -0.39 is 6.10 Å². The highest BCUT2D eigenvalue weighted by Crippen LogP contribution is 2.27. The first-order valence-electron chi connectivity index (χ1n) is 12.6. The van der Waals surface area contributed by atoms with E-state index in [2.05, 4.69) is 12.0 Å². The molecule has 0 aromatic heterocycles. The molecule has 0 fully saturated rings. The Labute approximate surface area is 208 Å². The van der Waals surface area contributed by atoms with E-state index in [1.54, 1.807) is 16.8 Å². The van der Waals surface area contributed by atoms with Gasteiger partial charge in [0.05, 0.1) is 18.9 Å². The van der Waals surface area contributed by atoms with Gasteiger partial charge in [-0.2, -0.15) is 5.10 Å². The van der Waals surface area contributed by atoms with E-state index in [-0.39, 0.29) is 24.0 Å². The highest BCUT2D eigenvalue weighted by atomic mass is 16.6. The van der Waals surface area contributed by atoms with Crippen molar-refractivity contribution in [2.24, 2.45) is 10.1 Å². The summed E-state index contributed by atoms with van der Waals surface area (Å²) >= 11 is 0. The second-order valence-corrected chi connectivity index (χ2v) is 8.59. The molecule has 9 nitrogen and oxygen atoms in total. The third-order valence-electron chi connectivity index (χ3n) is 6.12. The molecule has 1 amide bonds. The monoisotopic (exact) mass is 486 g/mol. The molecule has 35 heavy (non-hydrogen) atoms. The number of carbonyl (C=O) groups excluding carboxylic acids is 2. The van der Waals surface area contributed by atoms with Gasteiger partial charge in [0.15, 0.2) is 12.1 Å². The topological polar surface area (TPSA) is 93.0 Å². The number of fused-ring (bicyclic) bond motifs is 1. The number of carbonyl (C=O) groups is 2. The van der Waals surface area contributed by atoms with E-state index >= 15 is 0 Å². The number of hydrogen-bond donors (Lipinski definition) is 0. The maximum atomic E-state index is 13.3. The number of amides is 1. The molecular weight excluding hydrogens is 448 g/mol. The van der Waals surface area contributed by atoms with Crippen LogP contribution in [0.1, 0.15) is 52.5 Å². The average molecular weight is 487 g/mol. The van der Waals surface area contributed by atoms with Gasteiger partial charge in [-0.3, -0.25) is 19.7 Å². The van der Waals surface area contributed by atoms with Crippen LogP contribution < -0.4 is 4.74 Å². The van der Waals surface area contributed by atoms with Crippen LogP contribution in [0.3, 0.4) is 0 Å². The van der Waals surface area contributed by atoms with E-state index in [0.29, 0.717) is 45.0 Å². The van der Waals surface area contributed by atoms with Gasteiger partial charge in [0.2, 0.25) is 0 Å². The lowest BCUT2D eigenvalue weighted by Gasteiger charge is -2.35. The van der Waals surface area contributed by atoms with Gasteiger partial charge >= 0.3 is 5.97 Å². The summed E-state index contributed by atoms with van der Waals surface area (Å²) in [6, 6.07) is 7.00. The van der Waals surface area contributed by atoms with Crippen LogP contribution in [-0.2, 0) is 25.5 Å². The minimum atomic E-state index is -0.622. The Bertz CT molecular complexity index is 930. The number of aliphatic imine (C=N–C) groups is 1. The molecule has 2 unspecified atom stereocenters. The van der Waals surface area contributed by atoms with Crippen LogP contribution in [0.25, 0.3) is 0 Å². The molecule has 3 rings (SSSR count). The third-order valence-corrected chi connectivity index (χ3v) is 6.12. The van der Waals surface area contributed by atoms with Gasteiger partial charge in [0, 0.05) is 26.5 Å². The first-order valence-corrected chi connectivity index (χ1v) is 12.6. The first-order chi connectivity index (χ1) is 16.9. The molecule has 0 saturated carbocycles. The molecule has 0 aliphatic carbocycles. The van der Waals surface area contributed by atoms with Crippen molar-refractivity contribution in [2.75, 3.05) is 33.4 Å². The van der Waals surface area contributed by atoms with Gasteiger partial charge in [-0.15, -0.1) is 0 Å². The maximum absolute atomic E-state index is 13.3. The molecule has 9 heteroatoms. The fourth-order valence-electron chi connectivity index (χ4n) is 4.48. The summed E-state index contributed by atoms with van der Waals surface area (Å²) in [7, 11) is 1.85. The number of hydrazone groups is 1. The Morgan fingerprint density at radius 1 is 1.11 bits per heavy atom. The first kappa shape index (κ1) is 26.7. The molecule has 192 valence electrons. The summed E-state index contributed by atoms with van der Waals surface area (Å²) in [4.78, 5) is 32.0. The van der Waals surface area contributed by atoms with Crippen molar-refractivity contribution < 1.29 is 23.8 Å². The lowest BCUT2D eigenvalue weighted by molar-refractivity contribution is -0.156. The Hall–Kier alpha value is -2.94. The van der Waals surface area contributed by atoms with Crippen LogP contribution in [-0.4, -0.2) is 84.9 Å². The predicted molar refractivity (Wildman–Crippen MR) is 135 cm³/mol. The third kappa shape index (κ3) is 6.39. The molecule has 0 N–H and O–H groups in total. The summed E-state index contributed by atoms with van der Waals surface area (Å²) in [5.74, 6) is 1.16. The van der Waals surface area contributed by atoms with Gasteiger partial charge in [-0.1, -0.05) is 32.4 Å². The maximum Gasteiger partial charge on any atom is 0.335 e. The molecular formula is C26H38N4O5. The lowest BCUT2D eigenvalue weighted by atomic mass is 9.98. The molecule has 1 aromatic carbocycles. The fraction of sp³-hybridized carbons (Fsp3) is 0.615. The minimum Gasteiger partial charge on any atom is -0.492 e. The van der Waals surface area contributed by atoms with Gasteiger partial charge in [0.25, 0.3) is 5.91 Å². The molecule has 2 aliphatic rings. The number of amidine groups is 1. The summed E-state index contributed by atoms with van der Waals surface area (Å²) in [5.41, 5.74) is 1.94. The minimum absolute atomic E-state index is 0.0269. The molecule has 0 spiro atoms. The normalized spacial score (nSPS) is 20.3. The standard InChI is InChI=1S/C26H38N4O5/c1-6-10-20-23-24(29(5)28-20)25(31)30(22(7-2)27-23)15-16-35-19-13-11-18(12-14-19)17-21(33-8-3)26(32)34-9-4/h11-14,21,23-24H,6-10,15-17H2,1-5H3/t21-,23?,24?/m0/s1. The Balaban J connectivity index is 1.58. The van der Waals surface area contributed by atoms with Crippen molar-refractivity contribution in [1.82, 2.24) is 9.91 Å². The number of benzene rings is 1. The van der Waals surface area contributed by atoms with E-state index in [4.69, 9.17) is 19.2 Å². The van der Waals surface area contributed by atoms with Gasteiger partial charge in [-0.05, 0) is 38.0 Å². The second kappa shape index (κ2) is 12.7. The van der Waals surface area contributed by atoms with Crippen LogP contribution in [0.5, 0.6) is 5.75 Å². The Kier molecular flexibility index (Phi) is 9.65. The van der Waals surface area contributed by atoms with E-state index in [1.807, 2.05) is 45.2 Å². The van der Waals surface area contributed by atoms with Crippen molar-refractivity contribution in [3.05, 3.63) is 29.8 Å². The Morgan fingerprint density at radius 2 is 1.86 bits per heavy atom. The molecule has 2 aliphatic heterocycles. The van der Waals surface area contributed by atoms with Crippen LogP contribution in [0, 0.1) is 0 Å². The molecule has 0 saturated heterocycles. The van der Waals surface area contributed by atoms with Crippen LogP contribution in [0.15, 0.2) is 34.4 Å². The second-order valence-electron chi connectivity index (χ2n) is 8.59. The summed E-state index contributed by atoms with van der Waals surface area (Å²) < 4.78 is 16.6. The van der Waals surface area contributed by atoms with Crippen LogP contribution >= 0.6 is 0 Å². The highest BCUT2D eigenvalue weighted by molar-refractivity contribution is 6.09. The van der Waals surface area contributed by atoms with Crippen LogP contribution in [0.2, 0.25) is 0 Å². The molecule has 1 aromatic rings. The highest BCUT2D eigenvalue weighted by Gasteiger charge is 2.46. The van der Waals surface area contributed by atoms with Crippen LogP contribution in [0.4, 0.5) is 0 Å². The molecule has 0 bridgehead atoms. The van der Waals surface area contributed by atoms with E-state index in [1.165, 1.54) is 0 Å². The van der Waals surface area contributed by atoms with Gasteiger partial charge in [-0.25, -0.2) is 4.79 Å².